The Morgan fingerprint density at radius 1 is 1.14 bits per heavy atom. The fourth-order valence-corrected chi connectivity index (χ4v) is 4.04. The number of hydrogen-bond acceptors (Lipinski definition) is 3. The highest BCUT2D eigenvalue weighted by atomic mass is 32.2. The third-order valence-corrected chi connectivity index (χ3v) is 6.57. The molecule has 0 saturated heterocycles. The Hall–Kier alpha value is -1.07. The van der Waals surface area contributed by atoms with Gasteiger partial charge < -0.3 is 5.32 Å². The fraction of sp³-hybridized carbons (Fsp3) is 0.625. The van der Waals surface area contributed by atoms with E-state index in [4.69, 9.17) is 0 Å². The lowest BCUT2D eigenvalue weighted by Crippen LogP contribution is -2.35. The van der Waals surface area contributed by atoms with Gasteiger partial charge in [0.2, 0.25) is 10.0 Å². The van der Waals surface area contributed by atoms with E-state index in [0.717, 1.165) is 12.1 Å². The summed E-state index contributed by atoms with van der Waals surface area (Å²) in [7, 11) is -0.285. The minimum atomic E-state index is -3.42. The third-order valence-electron chi connectivity index (χ3n) is 4.69. The van der Waals surface area contributed by atoms with Gasteiger partial charge in [-0.15, -0.1) is 0 Å². The molecule has 21 heavy (non-hydrogen) atoms. The van der Waals surface area contributed by atoms with Crippen LogP contribution in [0.25, 0.3) is 0 Å². The number of nitrogens with one attached hydrogen (secondary N) is 1. The van der Waals surface area contributed by atoms with Crippen LogP contribution in [-0.4, -0.2) is 32.9 Å². The van der Waals surface area contributed by atoms with E-state index in [2.05, 4.69) is 19.2 Å². The number of anilines is 1. The van der Waals surface area contributed by atoms with E-state index in [0.29, 0.717) is 22.8 Å². The molecule has 1 fully saturated rings. The smallest absolute Gasteiger partial charge is 0.244 e. The number of sulfonamides is 1. The molecule has 1 aliphatic rings. The predicted octanol–water partition coefficient (Wildman–Crippen LogP) is 3.17. The van der Waals surface area contributed by atoms with Crippen LogP contribution in [0.3, 0.4) is 0 Å². The van der Waals surface area contributed by atoms with Crippen LogP contribution < -0.4 is 5.32 Å². The maximum Gasteiger partial charge on any atom is 0.244 e. The van der Waals surface area contributed by atoms with E-state index in [1.54, 1.807) is 26.2 Å². The molecular weight excluding hydrogens is 284 g/mol. The van der Waals surface area contributed by atoms with Crippen LogP contribution in [0.4, 0.5) is 5.69 Å². The molecule has 1 aromatic rings. The molecule has 1 aliphatic carbocycles. The zero-order chi connectivity index (χ0) is 15.6. The summed E-state index contributed by atoms with van der Waals surface area (Å²) in [5.41, 5.74) is 0.720. The van der Waals surface area contributed by atoms with Crippen LogP contribution >= 0.6 is 0 Å². The first-order valence-corrected chi connectivity index (χ1v) is 9.06. The number of benzene rings is 1. The van der Waals surface area contributed by atoms with E-state index in [1.165, 1.54) is 17.1 Å². The summed E-state index contributed by atoms with van der Waals surface area (Å²) in [5.74, 6) is 1.22. The third kappa shape index (κ3) is 3.40. The number of rotatable bonds is 4. The average Bonchev–Trinajstić information content (AvgIpc) is 2.44. The molecule has 0 aromatic heterocycles. The molecule has 118 valence electrons. The maximum absolute atomic E-state index is 12.4. The van der Waals surface area contributed by atoms with Crippen molar-refractivity contribution in [2.45, 2.75) is 44.0 Å². The largest absolute Gasteiger partial charge is 0.381 e. The molecule has 4 nitrogen and oxygen atoms in total. The van der Waals surface area contributed by atoms with E-state index >= 15 is 0 Å². The van der Waals surface area contributed by atoms with Gasteiger partial charge in [-0.2, -0.15) is 0 Å². The van der Waals surface area contributed by atoms with Crippen LogP contribution in [0.15, 0.2) is 29.2 Å². The van der Waals surface area contributed by atoms with Crippen molar-refractivity contribution in [3.63, 3.8) is 0 Å². The SMILES string of the molecule is CC1CCCC(Nc2ccccc2S(=O)(=O)N(C)C)C1C. The van der Waals surface area contributed by atoms with E-state index in [1.807, 2.05) is 12.1 Å². The van der Waals surface area contributed by atoms with E-state index in [9.17, 15) is 8.42 Å². The summed E-state index contributed by atoms with van der Waals surface area (Å²) in [5, 5.41) is 3.48. The Labute approximate surface area is 128 Å². The second-order valence-electron chi connectivity index (χ2n) is 6.30. The summed E-state index contributed by atoms with van der Waals surface area (Å²) in [6.45, 7) is 4.53. The van der Waals surface area contributed by atoms with Gasteiger partial charge in [0.15, 0.2) is 0 Å². The quantitative estimate of drug-likeness (QED) is 0.929. The molecule has 0 radical (unpaired) electrons. The molecule has 1 aromatic carbocycles. The predicted molar refractivity (Wildman–Crippen MR) is 86.9 cm³/mol. The molecule has 0 spiro atoms. The average molecular weight is 310 g/mol. The van der Waals surface area contributed by atoms with Gasteiger partial charge in [-0.3, -0.25) is 0 Å². The number of nitrogens with zero attached hydrogens (tertiary/aromatic N) is 1. The minimum Gasteiger partial charge on any atom is -0.381 e. The Morgan fingerprint density at radius 3 is 2.48 bits per heavy atom. The molecule has 0 aliphatic heterocycles. The summed E-state index contributed by atoms with van der Waals surface area (Å²) >= 11 is 0. The van der Waals surface area contributed by atoms with Crippen molar-refractivity contribution in [1.29, 1.82) is 0 Å². The van der Waals surface area contributed by atoms with Gasteiger partial charge in [-0.1, -0.05) is 38.8 Å². The van der Waals surface area contributed by atoms with Crippen LogP contribution in [0.1, 0.15) is 33.1 Å². The van der Waals surface area contributed by atoms with Gasteiger partial charge in [0.1, 0.15) is 4.90 Å². The van der Waals surface area contributed by atoms with Crippen molar-refractivity contribution in [2.24, 2.45) is 11.8 Å². The summed E-state index contributed by atoms with van der Waals surface area (Å²) in [6.07, 6.45) is 3.56. The molecule has 3 unspecified atom stereocenters. The van der Waals surface area contributed by atoms with Crippen LogP contribution in [0, 0.1) is 11.8 Å². The van der Waals surface area contributed by atoms with Gasteiger partial charge in [0.25, 0.3) is 0 Å². The lowest BCUT2D eigenvalue weighted by Gasteiger charge is -2.35. The second-order valence-corrected chi connectivity index (χ2v) is 8.42. The monoisotopic (exact) mass is 310 g/mol. The Kier molecular flexibility index (Phi) is 4.94. The maximum atomic E-state index is 12.4. The fourth-order valence-electron chi connectivity index (χ4n) is 2.99. The van der Waals surface area contributed by atoms with Crippen molar-refractivity contribution in [3.8, 4) is 0 Å². The highest BCUT2D eigenvalue weighted by Crippen LogP contribution is 2.33. The Balaban J connectivity index is 2.29. The van der Waals surface area contributed by atoms with Gasteiger partial charge in [0.05, 0.1) is 5.69 Å². The normalized spacial score (nSPS) is 26.8. The molecule has 0 amide bonds. The molecule has 1 saturated carbocycles. The summed E-state index contributed by atoms with van der Waals surface area (Å²) in [6, 6.07) is 7.53. The van der Waals surface area contributed by atoms with Crippen molar-refractivity contribution >= 4 is 15.7 Å². The van der Waals surface area contributed by atoms with Crippen molar-refractivity contribution in [1.82, 2.24) is 4.31 Å². The topological polar surface area (TPSA) is 49.4 Å². The van der Waals surface area contributed by atoms with Crippen molar-refractivity contribution in [3.05, 3.63) is 24.3 Å². The zero-order valence-corrected chi connectivity index (χ0v) is 14.2. The first-order chi connectivity index (χ1) is 9.84. The first kappa shape index (κ1) is 16.3. The molecule has 0 bridgehead atoms. The zero-order valence-electron chi connectivity index (χ0n) is 13.3. The lowest BCUT2D eigenvalue weighted by atomic mass is 9.78. The number of para-hydroxylation sites is 1. The second kappa shape index (κ2) is 6.36. The molecule has 2 rings (SSSR count). The first-order valence-electron chi connectivity index (χ1n) is 7.62. The van der Waals surface area contributed by atoms with Crippen LogP contribution in [0.2, 0.25) is 0 Å². The highest BCUT2D eigenvalue weighted by Gasteiger charge is 2.29. The molecular formula is C16H26N2O2S. The van der Waals surface area contributed by atoms with Crippen LogP contribution in [-0.2, 0) is 10.0 Å². The van der Waals surface area contributed by atoms with Gasteiger partial charge in [-0.25, -0.2) is 12.7 Å². The van der Waals surface area contributed by atoms with Gasteiger partial charge in [0, 0.05) is 20.1 Å². The molecule has 1 N–H and O–H groups in total. The number of hydrogen-bond donors (Lipinski definition) is 1. The molecule has 0 heterocycles. The van der Waals surface area contributed by atoms with Crippen LogP contribution in [0.5, 0.6) is 0 Å². The Morgan fingerprint density at radius 2 is 1.81 bits per heavy atom. The highest BCUT2D eigenvalue weighted by molar-refractivity contribution is 7.89. The minimum absolute atomic E-state index is 0.340. The van der Waals surface area contributed by atoms with E-state index in [-0.39, 0.29) is 0 Å². The van der Waals surface area contributed by atoms with E-state index < -0.39 is 10.0 Å². The van der Waals surface area contributed by atoms with Gasteiger partial charge in [-0.05, 0) is 30.4 Å². The summed E-state index contributed by atoms with van der Waals surface area (Å²) < 4.78 is 26.1. The summed E-state index contributed by atoms with van der Waals surface area (Å²) in [4.78, 5) is 0.362. The van der Waals surface area contributed by atoms with Crippen molar-refractivity contribution < 1.29 is 8.42 Å². The Bertz CT molecular complexity index is 584. The molecule has 5 heteroatoms. The van der Waals surface area contributed by atoms with Gasteiger partial charge >= 0.3 is 0 Å². The molecule has 3 atom stereocenters. The standard InChI is InChI=1S/C16H26N2O2S/c1-12-8-7-10-14(13(12)2)17-15-9-5-6-11-16(15)21(19,20)18(3)4/h5-6,9,11-14,17H,7-8,10H2,1-4H3. The van der Waals surface area contributed by atoms with Crippen molar-refractivity contribution in [2.75, 3.05) is 19.4 Å². The lowest BCUT2D eigenvalue weighted by molar-refractivity contribution is 0.253.